The molecule has 2 aliphatic rings. The Labute approximate surface area is 173 Å². The van der Waals surface area contributed by atoms with Crippen molar-refractivity contribution in [1.82, 2.24) is 14.8 Å². The van der Waals surface area contributed by atoms with Gasteiger partial charge in [-0.15, -0.1) is 0 Å². The maximum Gasteiger partial charge on any atom is 0.226 e. The number of hydrogen-bond donors (Lipinski definition) is 1. The Hall–Kier alpha value is -3.67. The molecule has 6 rings (SSSR count). The number of furan rings is 1. The van der Waals surface area contributed by atoms with E-state index in [0.29, 0.717) is 24.6 Å². The maximum absolute atomic E-state index is 13.5. The lowest BCUT2D eigenvalue weighted by atomic mass is 9.79. The highest BCUT2D eigenvalue weighted by Gasteiger charge is 2.40. The van der Waals surface area contributed by atoms with Gasteiger partial charge in [-0.05, 0) is 41.8 Å². The number of hydrogen-bond acceptors (Lipinski definition) is 5. The summed E-state index contributed by atoms with van der Waals surface area (Å²) in [5, 5.41) is 10.3. The zero-order valence-electron chi connectivity index (χ0n) is 16.5. The maximum atomic E-state index is 13.5. The van der Waals surface area contributed by atoms with Crippen LogP contribution in [0.15, 0.2) is 76.5 Å². The number of Topliss-reactive ketones (excluding diaryl/α,β-unsaturated/α-hetero) is 1. The second-order valence-corrected chi connectivity index (χ2v) is 7.96. The zero-order chi connectivity index (χ0) is 20.2. The smallest absolute Gasteiger partial charge is 0.226 e. The van der Waals surface area contributed by atoms with E-state index in [-0.39, 0.29) is 17.7 Å². The van der Waals surface area contributed by atoms with Crippen LogP contribution in [0.25, 0.3) is 10.8 Å². The summed E-state index contributed by atoms with van der Waals surface area (Å²) >= 11 is 0. The fraction of sp³-hybridized carbons (Fsp3) is 0.208. The largest absolute Gasteiger partial charge is 0.469 e. The van der Waals surface area contributed by atoms with E-state index in [0.717, 1.165) is 33.4 Å². The molecule has 148 valence electrons. The Kier molecular flexibility index (Phi) is 3.68. The van der Waals surface area contributed by atoms with Gasteiger partial charge in [-0.2, -0.15) is 10.1 Å². The van der Waals surface area contributed by atoms with Gasteiger partial charge in [-0.3, -0.25) is 4.79 Å². The van der Waals surface area contributed by atoms with Gasteiger partial charge in [0.1, 0.15) is 17.6 Å². The summed E-state index contributed by atoms with van der Waals surface area (Å²) in [6.07, 6.45) is 2.80. The van der Waals surface area contributed by atoms with E-state index < -0.39 is 0 Å². The van der Waals surface area contributed by atoms with Crippen LogP contribution in [-0.4, -0.2) is 20.5 Å². The highest BCUT2D eigenvalue weighted by molar-refractivity contribution is 6.01. The van der Waals surface area contributed by atoms with Gasteiger partial charge in [0.15, 0.2) is 5.78 Å². The predicted octanol–water partition coefficient (Wildman–Crippen LogP) is 4.75. The molecule has 3 heterocycles. The van der Waals surface area contributed by atoms with E-state index in [1.165, 1.54) is 0 Å². The summed E-state index contributed by atoms with van der Waals surface area (Å²) in [4.78, 5) is 18.1. The molecule has 0 saturated carbocycles. The lowest BCUT2D eigenvalue weighted by Crippen LogP contribution is -2.33. The van der Waals surface area contributed by atoms with E-state index >= 15 is 0 Å². The molecule has 0 bridgehead atoms. The van der Waals surface area contributed by atoms with Crippen molar-refractivity contribution in [2.24, 2.45) is 0 Å². The lowest BCUT2D eigenvalue weighted by molar-refractivity contribution is -0.117. The molecule has 4 aromatic rings. The highest BCUT2D eigenvalue weighted by atomic mass is 16.3. The van der Waals surface area contributed by atoms with Crippen molar-refractivity contribution in [2.45, 2.75) is 31.7 Å². The summed E-state index contributed by atoms with van der Waals surface area (Å²) in [7, 11) is 0. The molecule has 0 amide bonds. The fourth-order valence-corrected chi connectivity index (χ4v) is 4.82. The number of fused-ring (bicyclic) bond motifs is 2. The molecule has 1 aliphatic heterocycles. The van der Waals surface area contributed by atoms with Gasteiger partial charge in [-0.1, -0.05) is 42.5 Å². The molecule has 2 unspecified atom stereocenters. The Bertz CT molecular complexity index is 1310. The number of aromatic nitrogens is 3. The Morgan fingerprint density at radius 1 is 1.07 bits per heavy atom. The molecule has 2 aromatic carbocycles. The molecule has 6 heteroatoms. The molecule has 30 heavy (non-hydrogen) atoms. The number of anilines is 1. The van der Waals surface area contributed by atoms with Crippen molar-refractivity contribution in [2.75, 3.05) is 5.32 Å². The minimum Gasteiger partial charge on any atom is -0.469 e. The first-order chi connectivity index (χ1) is 14.7. The van der Waals surface area contributed by atoms with Crippen LogP contribution in [0.3, 0.4) is 0 Å². The first-order valence-electron chi connectivity index (χ1n) is 10.2. The van der Waals surface area contributed by atoms with Crippen molar-refractivity contribution < 1.29 is 9.21 Å². The topological polar surface area (TPSA) is 73.0 Å². The Morgan fingerprint density at radius 3 is 2.80 bits per heavy atom. The Balaban J connectivity index is 1.56. The number of benzene rings is 2. The third-order valence-electron chi connectivity index (χ3n) is 6.09. The fourth-order valence-electron chi connectivity index (χ4n) is 4.82. The van der Waals surface area contributed by atoms with Crippen LogP contribution in [-0.2, 0) is 4.79 Å². The van der Waals surface area contributed by atoms with E-state index in [9.17, 15) is 4.79 Å². The number of nitrogens with zero attached hydrogens (tertiary/aromatic N) is 3. The van der Waals surface area contributed by atoms with Crippen molar-refractivity contribution >= 4 is 22.5 Å². The standard InChI is InChI=1S/C24H20N4O2/c1-14-25-24-26-19-12-16(21-10-5-11-30-21)13-20(29)22(19)23(28(24)27-14)18-9-4-7-15-6-2-3-8-17(15)18/h2-11,16,23H,12-13H2,1H3,(H,25,26,27). The average Bonchev–Trinajstić information content (AvgIpc) is 3.41. The van der Waals surface area contributed by atoms with Crippen molar-refractivity contribution in [3.05, 3.63) is 89.3 Å². The number of carbonyl (C=O) groups is 1. The van der Waals surface area contributed by atoms with Gasteiger partial charge in [-0.25, -0.2) is 4.68 Å². The van der Waals surface area contributed by atoms with E-state index in [4.69, 9.17) is 4.42 Å². The van der Waals surface area contributed by atoms with Crippen LogP contribution >= 0.6 is 0 Å². The normalized spacial score (nSPS) is 20.8. The molecular formula is C24H20N4O2. The van der Waals surface area contributed by atoms with Gasteiger partial charge in [0.2, 0.25) is 5.95 Å². The molecule has 1 aliphatic carbocycles. The molecule has 0 fully saturated rings. The number of ketones is 1. The highest BCUT2D eigenvalue weighted by Crippen LogP contribution is 2.45. The lowest BCUT2D eigenvalue weighted by Gasteiger charge is -2.34. The van der Waals surface area contributed by atoms with Crippen molar-refractivity contribution in [1.29, 1.82) is 0 Å². The third-order valence-corrected chi connectivity index (χ3v) is 6.09. The second-order valence-electron chi connectivity index (χ2n) is 7.96. The summed E-state index contributed by atoms with van der Waals surface area (Å²) in [5.41, 5.74) is 2.77. The summed E-state index contributed by atoms with van der Waals surface area (Å²) in [5.74, 6) is 2.36. The Morgan fingerprint density at radius 2 is 1.93 bits per heavy atom. The predicted molar refractivity (Wildman–Crippen MR) is 113 cm³/mol. The number of carbonyl (C=O) groups excluding carboxylic acids is 1. The summed E-state index contributed by atoms with van der Waals surface area (Å²) < 4.78 is 7.47. The van der Waals surface area contributed by atoms with Gasteiger partial charge in [0, 0.05) is 23.6 Å². The van der Waals surface area contributed by atoms with Gasteiger partial charge < -0.3 is 9.73 Å². The van der Waals surface area contributed by atoms with Gasteiger partial charge in [0.25, 0.3) is 0 Å². The van der Waals surface area contributed by atoms with E-state index in [1.54, 1.807) is 6.26 Å². The zero-order valence-corrected chi connectivity index (χ0v) is 16.5. The van der Waals surface area contributed by atoms with Crippen LogP contribution in [0.5, 0.6) is 0 Å². The quantitative estimate of drug-likeness (QED) is 0.529. The third kappa shape index (κ3) is 2.53. The number of allylic oxidation sites excluding steroid dienone is 2. The monoisotopic (exact) mass is 396 g/mol. The minimum atomic E-state index is -0.298. The minimum absolute atomic E-state index is 0.0301. The van der Waals surface area contributed by atoms with Crippen molar-refractivity contribution in [3.63, 3.8) is 0 Å². The first kappa shape index (κ1) is 17.2. The first-order valence-corrected chi connectivity index (χ1v) is 10.2. The molecule has 0 saturated heterocycles. The summed E-state index contributed by atoms with van der Waals surface area (Å²) in [6, 6.07) is 18.0. The van der Waals surface area contributed by atoms with Crippen LogP contribution in [0, 0.1) is 6.92 Å². The molecule has 0 spiro atoms. The number of nitrogens with one attached hydrogen (secondary N) is 1. The van der Waals surface area contributed by atoms with Crippen LogP contribution in [0.1, 0.15) is 41.9 Å². The number of rotatable bonds is 2. The second kappa shape index (κ2) is 6.42. The van der Waals surface area contributed by atoms with Gasteiger partial charge >= 0.3 is 0 Å². The molecule has 0 radical (unpaired) electrons. The van der Waals surface area contributed by atoms with Gasteiger partial charge in [0.05, 0.1) is 6.26 Å². The average molecular weight is 396 g/mol. The van der Waals surface area contributed by atoms with Crippen LogP contribution in [0.4, 0.5) is 5.95 Å². The molecule has 2 aromatic heterocycles. The van der Waals surface area contributed by atoms with Crippen LogP contribution < -0.4 is 5.32 Å². The van der Waals surface area contributed by atoms with Crippen LogP contribution in [0.2, 0.25) is 0 Å². The molecule has 2 atom stereocenters. The molecular weight excluding hydrogens is 376 g/mol. The number of aryl methyl sites for hydroxylation is 1. The van der Waals surface area contributed by atoms with Crippen molar-refractivity contribution in [3.8, 4) is 0 Å². The van der Waals surface area contributed by atoms with E-state index in [2.05, 4.69) is 39.7 Å². The molecule has 6 nitrogen and oxygen atoms in total. The van der Waals surface area contributed by atoms with E-state index in [1.807, 2.05) is 41.9 Å². The molecule has 1 N–H and O–H groups in total. The summed E-state index contributed by atoms with van der Waals surface area (Å²) in [6.45, 7) is 1.87. The SMILES string of the molecule is Cc1nc2n(n1)C(c1cccc3ccccc13)C1=C(CC(c3ccco3)CC1=O)N2.